The Hall–Kier alpha value is -2.91. The molecule has 23 heavy (non-hydrogen) atoms. The monoisotopic (exact) mass is 312 g/mol. The molecule has 6 heteroatoms. The summed E-state index contributed by atoms with van der Waals surface area (Å²) in [6.07, 6.45) is 1.38. The van der Waals surface area contributed by atoms with Crippen LogP contribution in [-0.2, 0) is 9.47 Å². The molecule has 0 atom stereocenters. The molecule has 0 bridgehead atoms. The fourth-order valence-corrected chi connectivity index (χ4v) is 1.81. The summed E-state index contributed by atoms with van der Waals surface area (Å²) in [7, 11) is 1.55. The number of rotatable bonds is 4. The van der Waals surface area contributed by atoms with Gasteiger partial charge in [0.2, 0.25) is 5.88 Å². The van der Waals surface area contributed by atoms with E-state index >= 15 is 0 Å². The largest absolute Gasteiger partial charge is 0.492 e. The number of hydrogen-bond acceptors (Lipinski definition) is 6. The number of benzene rings is 1. The van der Waals surface area contributed by atoms with Gasteiger partial charge in [-0.25, -0.2) is 14.8 Å². The Balaban J connectivity index is 2.29. The van der Waals surface area contributed by atoms with Crippen molar-refractivity contribution >= 4 is 5.97 Å². The highest BCUT2D eigenvalue weighted by Crippen LogP contribution is 2.25. The van der Waals surface area contributed by atoms with Crippen molar-refractivity contribution in [3.8, 4) is 29.0 Å². The molecule has 118 valence electrons. The number of esters is 1. The predicted octanol–water partition coefficient (Wildman–Crippen LogP) is 2.02. The molecule has 1 aromatic heterocycles. The second-order valence-corrected chi connectivity index (χ2v) is 4.46. The Morgan fingerprint density at radius 3 is 2.70 bits per heavy atom. The predicted molar refractivity (Wildman–Crippen MR) is 83.8 cm³/mol. The molecule has 0 aliphatic carbocycles. The third kappa shape index (κ3) is 4.28. The van der Waals surface area contributed by atoms with Crippen LogP contribution in [0.15, 0.2) is 30.5 Å². The summed E-state index contributed by atoms with van der Waals surface area (Å²) in [5.41, 5.74) is 1.77. The first-order valence-electron chi connectivity index (χ1n) is 6.97. The van der Waals surface area contributed by atoms with Crippen molar-refractivity contribution in [1.29, 1.82) is 0 Å². The van der Waals surface area contributed by atoms with Crippen molar-refractivity contribution in [3.63, 3.8) is 0 Å². The molecule has 6 nitrogen and oxygen atoms in total. The number of carbonyl (C=O) groups is 1. The first kappa shape index (κ1) is 16.5. The van der Waals surface area contributed by atoms with Gasteiger partial charge in [-0.3, -0.25) is 0 Å². The Morgan fingerprint density at radius 1 is 1.30 bits per heavy atom. The van der Waals surface area contributed by atoms with E-state index in [-0.39, 0.29) is 12.5 Å². The minimum absolute atomic E-state index is 0.203. The van der Waals surface area contributed by atoms with Gasteiger partial charge in [-0.15, -0.1) is 0 Å². The summed E-state index contributed by atoms with van der Waals surface area (Å²) in [5, 5.41) is 9.88. The van der Waals surface area contributed by atoms with Gasteiger partial charge in [0.05, 0.1) is 18.4 Å². The zero-order chi connectivity index (χ0) is 16.7. The first-order chi connectivity index (χ1) is 11.2. The van der Waals surface area contributed by atoms with Crippen molar-refractivity contribution in [2.75, 3.05) is 20.3 Å². The number of hydrogen-bond donors (Lipinski definition) is 1. The van der Waals surface area contributed by atoms with Crippen LogP contribution in [0.3, 0.4) is 0 Å². The molecule has 0 aliphatic rings. The van der Waals surface area contributed by atoms with Crippen LogP contribution in [0.4, 0.5) is 0 Å². The topological polar surface area (TPSA) is 81.5 Å². The first-order valence-corrected chi connectivity index (χ1v) is 6.97. The number of nitrogens with zero attached hydrogens (tertiary/aromatic N) is 2. The molecule has 0 amide bonds. The minimum Gasteiger partial charge on any atom is -0.492 e. The smallest absolute Gasteiger partial charge is 0.338 e. The summed E-state index contributed by atoms with van der Waals surface area (Å²) < 4.78 is 9.77. The number of carbonyl (C=O) groups excluding carboxylic acids is 1. The zero-order valence-electron chi connectivity index (χ0n) is 12.9. The van der Waals surface area contributed by atoms with Crippen LogP contribution >= 0.6 is 0 Å². The quantitative estimate of drug-likeness (QED) is 0.687. The van der Waals surface area contributed by atoms with Gasteiger partial charge in [0.15, 0.2) is 0 Å². The molecule has 0 unspecified atom stereocenters. The average molecular weight is 312 g/mol. The Kier molecular flexibility index (Phi) is 5.67. The SMILES string of the molecule is CCOC(=O)c1ccc(-c2nc(C#CCOC)cnc2O)cc1. The summed E-state index contributed by atoms with van der Waals surface area (Å²) in [4.78, 5) is 19.8. The fraction of sp³-hybridized carbons (Fsp3) is 0.235. The Morgan fingerprint density at radius 2 is 2.04 bits per heavy atom. The van der Waals surface area contributed by atoms with Gasteiger partial charge >= 0.3 is 5.97 Å². The highest BCUT2D eigenvalue weighted by molar-refractivity contribution is 5.90. The maximum Gasteiger partial charge on any atom is 0.338 e. The fourth-order valence-electron chi connectivity index (χ4n) is 1.81. The van der Waals surface area contributed by atoms with Gasteiger partial charge in [0.25, 0.3) is 0 Å². The van der Waals surface area contributed by atoms with E-state index in [4.69, 9.17) is 9.47 Å². The summed E-state index contributed by atoms with van der Waals surface area (Å²) in [6.45, 7) is 2.34. The van der Waals surface area contributed by atoms with Crippen molar-refractivity contribution in [1.82, 2.24) is 9.97 Å². The minimum atomic E-state index is -0.395. The summed E-state index contributed by atoms with van der Waals surface area (Å²) in [6, 6.07) is 6.56. The van der Waals surface area contributed by atoms with E-state index in [9.17, 15) is 9.90 Å². The molecule has 1 aromatic carbocycles. The van der Waals surface area contributed by atoms with Crippen molar-refractivity contribution in [2.24, 2.45) is 0 Å². The lowest BCUT2D eigenvalue weighted by atomic mass is 10.1. The summed E-state index contributed by atoms with van der Waals surface area (Å²) in [5.74, 6) is 4.97. The molecule has 0 fully saturated rings. The molecule has 0 radical (unpaired) electrons. The average Bonchev–Trinajstić information content (AvgIpc) is 2.57. The number of methoxy groups -OCH3 is 1. The Bertz CT molecular complexity index is 745. The molecule has 0 saturated carbocycles. The molecule has 2 aromatic rings. The lowest BCUT2D eigenvalue weighted by Crippen LogP contribution is -2.04. The maximum atomic E-state index is 11.6. The molecule has 0 saturated heterocycles. The van der Waals surface area contributed by atoms with Gasteiger partial charge in [0.1, 0.15) is 18.0 Å². The molecule has 1 heterocycles. The van der Waals surface area contributed by atoms with E-state index in [1.165, 1.54) is 6.20 Å². The van der Waals surface area contributed by atoms with E-state index < -0.39 is 5.97 Å². The number of aromatic hydroxyl groups is 1. The van der Waals surface area contributed by atoms with Crippen LogP contribution < -0.4 is 0 Å². The molecular weight excluding hydrogens is 296 g/mol. The second-order valence-electron chi connectivity index (χ2n) is 4.46. The highest BCUT2D eigenvalue weighted by atomic mass is 16.5. The number of aromatic nitrogens is 2. The van der Waals surface area contributed by atoms with Crippen LogP contribution in [0.2, 0.25) is 0 Å². The zero-order valence-corrected chi connectivity index (χ0v) is 12.9. The van der Waals surface area contributed by atoms with E-state index in [0.29, 0.717) is 29.1 Å². The maximum absolute atomic E-state index is 11.6. The van der Waals surface area contributed by atoms with E-state index in [1.54, 1.807) is 38.3 Å². The molecule has 0 spiro atoms. The van der Waals surface area contributed by atoms with E-state index in [0.717, 1.165) is 0 Å². The Labute approximate surface area is 134 Å². The van der Waals surface area contributed by atoms with E-state index in [1.807, 2.05) is 0 Å². The molecule has 0 aliphatic heterocycles. The van der Waals surface area contributed by atoms with Crippen LogP contribution in [-0.4, -0.2) is 41.4 Å². The van der Waals surface area contributed by atoms with Gasteiger partial charge in [-0.1, -0.05) is 18.1 Å². The molecule has 1 N–H and O–H groups in total. The normalized spacial score (nSPS) is 9.83. The molecule has 2 rings (SSSR count). The number of ether oxygens (including phenoxy) is 2. The highest BCUT2D eigenvalue weighted by Gasteiger charge is 2.11. The second kappa shape index (κ2) is 7.92. The van der Waals surface area contributed by atoms with Crippen LogP contribution in [0.1, 0.15) is 23.0 Å². The third-order valence-corrected chi connectivity index (χ3v) is 2.86. The van der Waals surface area contributed by atoms with Crippen LogP contribution in [0.25, 0.3) is 11.3 Å². The standard InChI is InChI=1S/C17H16N2O4/c1-3-23-17(21)13-8-6-12(7-9-13)15-16(20)18-11-14(19-15)5-4-10-22-2/h6-9,11H,3,10H2,1-2H3,(H,18,20). The van der Waals surface area contributed by atoms with Gasteiger partial charge in [0, 0.05) is 12.7 Å². The lowest BCUT2D eigenvalue weighted by molar-refractivity contribution is 0.0526. The van der Waals surface area contributed by atoms with Gasteiger partial charge in [-0.2, -0.15) is 0 Å². The lowest BCUT2D eigenvalue weighted by Gasteiger charge is -2.05. The van der Waals surface area contributed by atoms with Crippen molar-refractivity contribution in [3.05, 3.63) is 41.7 Å². The third-order valence-electron chi connectivity index (χ3n) is 2.86. The van der Waals surface area contributed by atoms with Crippen LogP contribution in [0, 0.1) is 11.8 Å². The van der Waals surface area contributed by atoms with E-state index in [2.05, 4.69) is 21.8 Å². The van der Waals surface area contributed by atoms with Crippen LogP contribution in [0.5, 0.6) is 5.88 Å². The summed E-state index contributed by atoms with van der Waals surface area (Å²) >= 11 is 0. The van der Waals surface area contributed by atoms with Gasteiger partial charge < -0.3 is 14.6 Å². The molecular formula is C17H16N2O4. The van der Waals surface area contributed by atoms with Gasteiger partial charge in [-0.05, 0) is 25.0 Å². The van der Waals surface area contributed by atoms with Crippen molar-refractivity contribution in [2.45, 2.75) is 6.92 Å². The van der Waals surface area contributed by atoms with Crippen molar-refractivity contribution < 1.29 is 19.4 Å².